The molecule has 2 aromatic carbocycles. The second kappa shape index (κ2) is 8.69. The molecule has 0 saturated carbocycles. The number of pyridine rings is 1. The van der Waals surface area contributed by atoms with Crippen LogP contribution in [0.15, 0.2) is 76.5 Å². The predicted octanol–water partition coefficient (Wildman–Crippen LogP) is 4.21. The van der Waals surface area contributed by atoms with Crippen molar-refractivity contribution in [2.24, 2.45) is 4.99 Å². The van der Waals surface area contributed by atoms with Gasteiger partial charge in [0.25, 0.3) is 5.91 Å². The van der Waals surface area contributed by atoms with Crippen molar-refractivity contribution < 1.29 is 9.18 Å². The number of guanidine groups is 1. The molecule has 6 rings (SSSR count). The van der Waals surface area contributed by atoms with Crippen molar-refractivity contribution in [3.63, 3.8) is 0 Å². The number of anilines is 3. The number of rotatable bonds is 5. The van der Waals surface area contributed by atoms with Crippen LogP contribution in [0.3, 0.4) is 0 Å². The Kier molecular flexibility index (Phi) is 5.41. The van der Waals surface area contributed by atoms with E-state index in [9.17, 15) is 14.0 Å². The maximum absolute atomic E-state index is 13.6. The Labute approximate surface area is 218 Å². The van der Waals surface area contributed by atoms with E-state index < -0.39 is 0 Å². The lowest BCUT2D eigenvalue weighted by Crippen LogP contribution is -2.48. The van der Waals surface area contributed by atoms with Gasteiger partial charge in [0.1, 0.15) is 17.2 Å². The number of hydrogen-bond donors (Lipinski definition) is 2. The molecular formula is C28H26FN7O2. The van der Waals surface area contributed by atoms with E-state index in [0.717, 1.165) is 16.8 Å². The Morgan fingerprint density at radius 1 is 1.03 bits per heavy atom. The zero-order valence-electron chi connectivity index (χ0n) is 21.2. The van der Waals surface area contributed by atoms with Crippen molar-refractivity contribution in [3.8, 4) is 11.3 Å². The van der Waals surface area contributed by atoms with Crippen molar-refractivity contribution >= 4 is 29.2 Å². The first-order chi connectivity index (χ1) is 18.2. The number of aliphatic imine (C=N–C) groups is 1. The number of carbonyl (C=O) groups excluding carboxylic acids is 1. The van der Waals surface area contributed by atoms with Crippen LogP contribution in [-0.2, 0) is 6.54 Å². The molecular weight excluding hydrogens is 485 g/mol. The summed E-state index contributed by atoms with van der Waals surface area (Å²) in [5.74, 6) is 1.07. The van der Waals surface area contributed by atoms with Crippen LogP contribution in [0.1, 0.15) is 29.8 Å². The minimum absolute atomic E-state index is 0.159. The summed E-state index contributed by atoms with van der Waals surface area (Å²) < 4.78 is 15.3. The molecule has 0 spiro atoms. The fraction of sp³-hybridized carbons (Fsp3) is 0.214. The van der Waals surface area contributed by atoms with Gasteiger partial charge in [0.05, 0.1) is 18.6 Å². The molecule has 2 N–H and O–H groups in total. The smallest absolute Gasteiger partial charge is 0.267 e. The number of hydrogen-bond acceptors (Lipinski definition) is 6. The summed E-state index contributed by atoms with van der Waals surface area (Å²) >= 11 is 0. The van der Waals surface area contributed by atoms with Gasteiger partial charge in [-0.1, -0.05) is 30.3 Å². The van der Waals surface area contributed by atoms with Crippen molar-refractivity contribution in [1.82, 2.24) is 19.7 Å². The lowest BCUT2D eigenvalue weighted by atomic mass is 10.1. The number of amides is 1. The van der Waals surface area contributed by atoms with E-state index in [4.69, 9.17) is 10.1 Å². The Balaban J connectivity index is 1.41. The molecule has 2 aliphatic heterocycles. The van der Waals surface area contributed by atoms with E-state index in [2.05, 4.69) is 10.3 Å². The lowest BCUT2D eigenvalue weighted by molar-refractivity contribution is 0.0866. The number of nitrogens with one attached hydrogen (secondary N) is 2. The summed E-state index contributed by atoms with van der Waals surface area (Å²) in [6, 6.07) is 18.8. The first-order valence-electron chi connectivity index (χ1n) is 12.3. The van der Waals surface area contributed by atoms with Crippen molar-refractivity contribution in [3.05, 3.63) is 94.0 Å². The Morgan fingerprint density at radius 3 is 2.47 bits per heavy atom. The molecule has 4 heterocycles. The van der Waals surface area contributed by atoms with E-state index in [-0.39, 0.29) is 22.8 Å². The van der Waals surface area contributed by atoms with Crippen LogP contribution in [0.25, 0.3) is 11.3 Å². The maximum Gasteiger partial charge on any atom is 0.267 e. The van der Waals surface area contributed by atoms with E-state index in [1.807, 2.05) is 49.1 Å². The molecule has 0 unspecified atom stereocenters. The second-order valence-corrected chi connectivity index (χ2v) is 10.1. The van der Waals surface area contributed by atoms with Gasteiger partial charge >= 0.3 is 0 Å². The normalized spacial score (nSPS) is 15.8. The molecule has 0 radical (unpaired) electrons. The molecule has 9 nitrogen and oxygen atoms in total. The zero-order chi connectivity index (χ0) is 26.6. The topological polar surface area (TPSA) is 98.6 Å². The molecule has 0 aliphatic carbocycles. The van der Waals surface area contributed by atoms with Crippen LogP contribution in [0.5, 0.6) is 0 Å². The van der Waals surface area contributed by atoms with Gasteiger partial charge in [0, 0.05) is 24.5 Å². The molecule has 2 aliphatic rings. The van der Waals surface area contributed by atoms with Crippen LogP contribution in [0, 0.1) is 5.82 Å². The van der Waals surface area contributed by atoms with Crippen molar-refractivity contribution in [1.29, 1.82) is 0 Å². The predicted molar refractivity (Wildman–Crippen MR) is 144 cm³/mol. The van der Waals surface area contributed by atoms with Gasteiger partial charge in [-0.15, -0.1) is 0 Å². The molecule has 0 fully saturated rings. The van der Waals surface area contributed by atoms with Crippen LogP contribution >= 0.6 is 0 Å². The number of H-pyrrole nitrogens is 1. The number of aromatic amines is 1. The van der Waals surface area contributed by atoms with Crippen molar-refractivity contribution in [2.45, 2.75) is 25.9 Å². The summed E-state index contributed by atoms with van der Waals surface area (Å²) in [5.41, 5.74) is 3.11. The van der Waals surface area contributed by atoms with Gasteiger partial charge in [-0.2, -0.15) is 5.10 Å². The molecule has 0 bridgehead atoms. The van der Waals surface area contributed by atoms with Crippen molar-refractivity contribution in [2.75, 3.05) is 23.8 Å². The number of benzene rings is 2. The lowest BCUT2D eigenvalue weighted by Gasteiger charge is -2.30. The third-order valence-corrected chi connectivity index (χ3v) is 6.67. The molecule has 2 aromatic heterocycles. The quantitative estimate of drug-likeness (QED) is 0.418. The first-order valence-corrected chi connectivity index (χ1v) is 12.3. The van der Waals surface area contributed by atoms with E-state index in [1.54, 1.807) is 34.8 Å². The minimum atomic E-state index is -0.367. The highest BCUT2D eigenvalue weighted by atomic mass is 19.1. The highest BCUT2D eigenvalue weighted by Gasteiger charge is 2.45. The van der Waals surface area contributed by atoms with Gasteiger partial charge in [0.2, 0.25) is 11.5 Å². The van der Waals surface area contributed by atoms with E-state index >= 15 is 0 Å². The average molecular weight is 512 g/mol. The SMILES string of the molecule is CN1C(=O)c2c(nn(Cc3ccc(-c4cccc(=O)[nH]4)cc3)c2Nc2ccc(F)cc2)N2CC(C)(C)N=C12. The summed E-state index contributed by atoms with van der Waals surface area (Å²) in [6.07, 6.45) is 0. The molecule has 10 heteroatoms. The fourth-order valence-electron chi connectivity index (χ4n) is 4.83. The van der Waals surface area contributed by atoms with Gasteiger partial charge in [-0.25, -0.2) is 14.1 Å². The average Bonchev–Trinajstić information content (AvgIpc) is 3.41. The minimum Gasteiger partial charge on any atom is -0.340 e. The largest absolute Gasteiger partial charge is 0.340 e. The van der Waals surface area contributed by atoms with E-state index in [1.165, 1.54) is 18.2 Å². The summed E-state index contributed by atoms with van der Waals surface area (Å²) in [7, 11) is 1.71. The Bertz CT molecular complexity index is 1640. The number of nitrogens with zero attached hydrogens (tertiary/aromatic N) is 5. The van der Waals surface area contributed by atoms with Gasteiger partial charge in [-0.3, -0.25) is 19.4 Å². The van der Waals surface area contributed by atoms with Crippen LogP contribution in [0.4, 0.5) is 21.7 Å². The van der Waals surface area contributed by atoms with Gasteiger partial charge < -0.3 is 10.3 Å². The Hall–Kier alpha value is -4.73. The fourth-order valence-corrected chi connectivity index (χ4v) is 4.83. The van der Waals surface area contributed by atoms with Crippen LogP contribution in [-0.4, -0.2) is 50.7 Å². The van der Waals surface area contributed by atoms with Crippen LogP contribution < -0.4 is 15.8 Å². The van der Waals surface area contributed by atoms with E-state index in [0.29, 0.717) is 41.9 Å². The van der Waals surface area contributed by atoms with Gasteiger partial charge in [-0.05, 0) is 55.3 Å². The summed E-state index contributed by atoms with van der Waals surface area (Å²) in [4.78, 5) is 36.4. The monoisotopic (exact) mass is 511 g/mol. The standard InChI is InChI=1S/C28H26FN7O2/c1-28(2)16-35-25-23(26(38)34(3)27(35)32-28)24(30-20-13-11-19(29)12-14-20)36(33-25)15-17-7-9-18(10-8-17)21-5-4-6-22(37)31-21/h4-14,30H,15-16H2,1-3H3,(H,31,37). The highest BCUT2D eigenvalue weighted by molar-refractivity contribution is 6.20. The summed E-state index contributed by atoms with van der Waals surface area (Å²) in [5, 5.41) is 8.18. The number of halogens is 1. The molecule has 0 atom stereocenters. The maximum atomic E-state index is 13.6. The molecule has 192 valence electrons. The first kappa shape index (κ1) is 23.7. The number of fused-ring (bicyclic) bond motifs is 3. The van der Waals surface area contributed by atoms with Crippen LogP contribution in [0.2, 0.25) is 0 Å². The molecule has 38 heavy (non-hydrogen) atoms. The Morgan fingerprint density at radius 2 is 1.76 bits per heavy atom. The number of carbonyl (C=O) groups is 1. The second-order valence-electron chi connectivity index (χ2n) is 10.1. The molecule has 4 aromatic rings. The molecule has 1 amide bonds. The summed E-state index contributed by atoms with van der Waals surface area (Å²) in [6.45, 7) is 5.01. The highest BCUT2D eigenvalue weighted by Crippen LogP contribution is 2.39. The molecule has 0 saturated heterocycles. The van der Waals surface area contributed by atoms with Gasteiger partial charge in [0.15, 0.2) is 5.82 Å². The third kappa shape index (κ3) is 4.13. The zero-order valence-corrected chi connectivity index (χ0v) is 21.2. The number of aromatic nitrogens is 3. The third-order valence-electron chi connectivity index (χ3n) is 6.67.